The van der Waals surface area contributed by atoms with Gasteiger partial charge in [0.2, 0.25) is 0 Å². The van der Waals surface area contributed by atoms with Crippen molar-refractivity contribution in [2.24, 2.45) is 0 Å². The third-order valence-electron chi connectivity index (χ3n) is 2.72. The molecule has 104 valence electrons. The van der Waals surface area contributed by atoms with Crippen LogP contribution in [0.25, 0.3) is 0 Å². The molecule has 2 rings (SSSR count). The predicted octanol–water partition coefficient (Wildman–Crippen LogP) is 4.16. The largest absolute Gasteiger partial charge is 0.385 e. The lowest BCUT2D eigenvalue weighted by atomic mass is 10.1. The van der Waals surface area contributed by atoms with Crippen molar-refractivity contribution in [2.45, 2.75) is 6.92 Å². The maximum Gasteiger partial charge on any atom is 0.257 e. The van der Waals surface area contributed by atoms with E-state index >= 15 is 0 Å². The quantitative estimate of drug-likeness (QED) is 0.888. The molecular weight excluding hydrogens is 279 g/mol. The highest BCUT2D eigenvalue weighted by Gasteiger charge is 2.12. The SMILES string of the molecule is CCNc1ccccc1C(=O)Nc1cc(F)ccc1Cl. The zero-order valence-electron chi connectivity index (χ0n) is 10.9. The van der Waals surface area contributed by atoms with Gasteiger partial charge >= 0.3 is 0 Å². The Balaban J connectivity index is 2.26. The van der Waals surface area contributed by atoms with Crippen LogP contribution >= 0.6 is 11.6 Å². The fourth-order valence-corrected chi connectivity index (χ4v) is 1.97. The van der Waals surface area contributed by atoms with Crippen molar-refractivity contribution in [3.63, 3.8) is 0 Å². The van der Waals surface area contributed by atoms with Gasteiger partial charge in [0.25, 0.3) is 5.91 Å². The van der Waals surface area contributed by atoms with E-state index in [2.05, 4.69) is 10.6 Å². The highest BCUT2D eigenvalue weighted by molar-refractivity contribution is 6.34. The van der Waals surface area contributed by atoms with E-state index in [0.29, 0.717) is 17.1 Å². The third-order valence-corrected chi connectivity index (χ3v) is 3.05. The first-order chi connectivity index (χ1) is 9.61. The van der Waals surface area contributed by atoms with Crippen LogP contribution in [0.3, 0.4) is 0 Å². The van der Waals surface area contributed by atoms with E-state index in [9.17, 15) is 9.18 Å². The van der Waals surface area contributed by atoms with Crippen molar-refractivity contribution in [2.75, 3.05) is 17.2 Å². The third kappa shape index (κ3) is 3.27. The van der Waals surface area contributed by atoms with Crippen molar-refractivity contribution in [3.8, 4) is 0 Å². The molecule has 1 amide bonds. The number of hydrogen-bond donors (Lipinski definition) is 2. The summed E-state index contributed by atoms with van der Waals surface area (Å²) in [6.07, 6.45) is 0. The van der Waals surface area contributed by atoms with Crippen LogP contribution in [-0.4, -0.2) is 12.5 Å². The second-order valence-electron chi connectivity index (χ2n) is 4.15. The molecule has 0 aliphatic rings. The normalized spacial score (nSPS) is 10.2. The lowest BCUT2D eigenvalue weighted by Gasteiger charge is -2.11. The van der Waals surface area contributed by atoms with Crippen LogP contribution in [-0.2, 0) is 0 Å². The predicted molar refractivity (Wildman–Crippen MR) is 80.0 cm³/mol. The Bertz CT molecular complexity index is 631. The molecule has 2 aromatic rings. The highest BCUT2D eigenvalue weighted by Crippen LogP contribution is 2.24. The Morgan fingerprint density at radius 2 is 1.95 bits per heavy atom. The lowest BCUT2D eigenvalue weighted by molar-refractivity contribution is 0.102. The van der Waals surface area contributed by atoms with Gasteiger partial charge in [-0.1, -0.05) is 23.7 Å². The molecule has 0 radical (unpaired) electrons. The topological polar surface area (TPSA) is 41.1 Å². The zero-order chi connectivity index (χ0) is 14.5. The highest BCUT2D eigenvalue weighted by atomic mass is 35.5. The van der Waals surface area contributed by atoms with Crippen LogP contribution in [0.2, 0.25) is 5.02 Å². The average Bonchev–Trinajstić information content (AvgIpc) is 2.44. The van der Waals surface area contributed by atoms with E-state index in [1.165, 1.54) is 18.2 Å². The van der Waals surface area contributed by atoms with Gasteiger partial charge in [-0.05, 0) is 37.3 Å². The first kappa shape index (κ1) is 14.3. The summed E-state index contributed by atoms with van der Waals surface area (Å²) < 4.78 is 13.2. The van der Waals surface area contributed by atoms with Gasteiger partial charge in [0.05, 0.1) is 16.3 Å². The van der Waals surface area contributed by atoms with Gasteiger partial charge in [0.15, 0.2) is 0 Å². The number of halogens is 2. The Morgan fingerprint density at radius 3 is 2.70 bits per heavy atom. The number of anilines is 2. The Morgan fingerprint density at radius 1 is 1.20 bits per heavy atom. The zero-order valence-corrected chi connectivity index (χ0v) is 11.7. The molecular formula is C15H14ClFN2O. The minimum absolute atomic E-state index is 0.253. The van der Waals surface area contributed by atoms with Crippen molar-refractivity contribution in [1.82, 2.24) is 0 Å². The molecule has 2 aromatic carbocycles. The van der Waals surface area contributed by atoms with E-state index < -0.39 is 5.82 Å². The first-order valence-electron chi connectivity index (χ1n) is 6.21. The van der Waals surface area contributed by atoms with Gasteiger partial charge in [-0.15, -0.1) is 0 Å². The maximum atomic E-state index is 13.2. The molecule has 0 saturated heterocycles. The van der Waals surface area contributed by atoms with E-state index in [1.54, 1.807) is 12.1 Å². The second-order valence-corrected chi connectivity index (χ2v) is 4.56. The summed E-state index contributed by atoms with van der Waals surface area (Å²) in [6, 6.07) is 10.9. The molecule has 2 N–H and O–H groups in total. The number of carbonyl (C=O) groups is 1. The Hall–Kier alpha value is -2.07. The van der Waals surface area contributed by atoms with E-state index in [-0.39, 0.29) is 11.6 Å². The van der Waals surface area contributed by atoms with Crippen LogP contribution in [0.1, 0.15) is 17.3 Å². The summed E-state index contributed by atoms with van der Waals surface area (Å²) in [4.78, 5) is 12.2. The molecule has 0 spiro atoms. The van der Waals surface area contributed by atoms with Crippen molar-refractivity contribution in [1.29, 1.82) is 0 Å². The Labute approximate surface area is 121 Å². The first-order valence-corrected chi connectivity index (χ1v) is 6.59. The number of nitrogens with one attached hydrogen (secondary N) is 2. The molecule has 3 nitrogen and oxygen atoms in total. The lowest BCUT2D eigenvalue weighted by Crippen LogP contribution is -2.15. The molecule has 0 aliphatic carbocycles. The average molecular weight is 293 g/mol. The van der Waals surface area contributed by atoms with Crippen LogP contribution < -0.4 is 10.6 Å². The molecule has 0 unspecified atom stereocenters. The minimum Gasteiger partial charge on any atom is -0.385 e. The van der Waals surface area contributed by atoms with Gasteiger partial charge < -0.3 is 10.6 Å². The number of hydrogen-bond acceptors (Lipinski definition) is 2. The number of benzene rings is 2. The van der Waals surface area contributed by atoms with Gasteiger partial charge in [0.1, 0.15) is 5.82 Å². The van der Waals surface area contributed by atoms with Crippen LogP contribution in [0.5, 0.6) is 0 Å². The van der Waals surface area contributed by atoms with Crippen LogP contribution in [0.15, 0.2) is 42.5 Å². The van der Waals surface area contributed by atoms with Crippen molar-refractivity contribution in [3.05, 3.63) is 58.9 Å². The fraction of sp³-hybridized carbons (Fsp3) is 0.133. The number of carbonyl (C=O) groups excluding carboxylic acids is 1. The van der Waals surface area contributed by atoms with Crippen molar-refractivity contribution >= 4 is 28.9 Å². The molecule has 0 bridgehead atoms. The van der Waals surface area contributed by atoms with Crippen LogP contribution in [0.4, 0.5) is 15.8 Å². The number of rotatable bonds is 4. The fourth-order valence-electron chi connectivity index (χ4n) is 1.81. The van der Waals surface area contributed by atoms with Crippen molar-refractivity contribution < 1.29 is 9.18 Å². The second kappa shape index (κ2) is 6.39. The van der Waals surface area contributed by atoms with Gasteiger partial charge in [-0.25, -0.2) is 4.39 Å². The summed E-state index contributed by atoms with van der Waals surface area (Å²) in [6.45, 7) is 2.64. The van der Waals surface area contributed by atoms with Gasteiger partial charge in [-0.2, -0.15) is 0 Å². The standard InChI is InChI=1S/C15H14ClFN2O/c1-2-18-13-6-4-3-5-11(13)15(20)19-14-9-10(17)7-8-12(14)16/h3-9,18H,2H2,1H3,(H,19,20). The molecule has 0 fully saturated rings. The summed E-state index contributed by atoms with van der Waals surface area (Å²) in [5, 5.41) is 6.01. The van der Waals surface area contributed by atoms with Gasteiger partial charge in [-0.3, -0.25) is 4.79 Å². The summed E-state index contributed by atoms with van der Waals surface area (Å²) in [5.41, 5.74) is 1.46. The molecule has 0 atom stereocenters. The molecule has 0 saturated carbocycles. The molecule has 0 aliphatic heterocycles. The Kier molecular flexibility index (Phi) is 4.58. The number of para-hydroxylation sites is 1. The minimum atomic E-state index is -0.454. The summed E-state index contributed by atoms with van der Waals surface area (Å²) in [7, 11) is 0. The monoisotopic (exact) mass is 292 g/mol. The maximum absolute atomic E-state index is 13.2. The molecule has 0 aromatic heterocycles. The molecule has 5 heteroatoms. The van der Waals surface area contributed by atoms with Crippen LogP contribution in [0, 0.1) is 5.82 Å². The number of amides is 1. The summed E-state index contributed by atoms with van der Waals surface area (Å²) in [5.74, 6) is -0.793. The smallest absolute Gasteiger partial charge is 0.257 e. The molecule has 0 heterocycles. The summed E-state index contributed by atoms with van der Waals surface area (Å²) >= 11 is 5.93. The van der Waals surface area contributed by atoms with Gasteiger partial charge in [0, 0.05) is 12.2 Å². The van der Waals surface area contributed by atoms with E-state index in [0.717, 1.165) is 5.69 Å². The molecule has 20 heavy (non-hydrogen) atoms. The van der Waals surface area contributed by atoms with E-state index in [4.69, 9.17) is 11.6 Å². The van der Waals surface area contributed by atoms with E-state index in [1.807, 2.05) is 19.1 Å².